The van der Waals surface area contributed by atoms with Gasteiger partial charge in [-0.3, -0.25) is 4.98 Å². The Morgan fingerprint density at radius 3 is 2.68 bits per heavy atom. The first-order valence-electron chi connectivity index (χ1n) is 11.4. The van der Waals surface area contributed by atoms with Gasteiger partial charge in [-0.25, -0.2) is 9.98 Å². The number of piperidine rings is 2. The van der Waals surface area contributed by atoms with Gasteiger partial charge < -0.3 is 14.6 Å². The molecule has 2 saturated heterocycles. The number of rotatable bonds is 3. The molecule has 2 aliphatic rings. The third-order valence-corrected chi connectivity index (χ3v) is 6.98. The van der Waals surface area contributed by atoms with Gasteiger partial charge in [-0.2, -0.15) is 0 Å². The fourth-order valence-corrected chi connectivity index (χ4v) is 5.16. The van der Waals surface area contributed by atoms with Gasteiger partial charge in [0.1, 0.15) is 11.5 Å². The molecule has 6 nitrogen and oxygen atoms in total. The zero-order valence-electron chi connectivity index (χ0n) is 19.0. The van der Waals surface area contributed by atoms with Crippen molar-refractivity contribution in [2.75, 3.05) is 7.05 Å². The maximum atomic E-state index is 4.96. The zero-order valence-corrected chi connectivity index (χ0v) is 19.0. The summed E-state index contributed by atoms with van der Waals surface area (Å²) in [5.74, 6) is 1.07. The first kappa shape index (κ1) is 20.2. The lowest BCUT2D eigenvalue weighted by Crippen LogP contribution is -2.54. The summed E-state index contributed by atoms with van der Waals surface area (Å²) >= 11 is 0. The normalized spacial score (nSPS) is 23.9. The molecular formula is C25H32N6. The van der Waals surface area contributed by atoms with Crippen LogP contribution in [0.15, 0.2) is 41.8 Å². The maximum Gasteiger partial charge on any atom is 0.136 e. The van der Waals surface area contributed by atoms with Crippen LogP contribution in [0.3, 0.4) is 0 Å². The van der Waals surface area contributed by atoms with Crippen molar-refractivity contribution in [3.63, 3.8) is 0 Å². The highest BCUT2D eigenvalue weighted by molar-refractivity contribution is 5.83. The van der Waals surface area contributed by atoms with Gasteiger partial charge in [0.05, 0.1) is 23.3 Å². The van der Waals surface area contributed by atoms with Crippen molar-refractivity contribution in [3.05, 3.63) is 48.0 Å². The van der Waals surface area contributed by atoms with E-state index in [0.717, 1.165) is 39.7 Å². The molecule has 1 N–H and O–H groups in total. The lowest BCUT2D eigenvalue weighted by molar-refractivity contribution is 0.163. The molecule has 2 atom stereocenters. The van der Waals surface area contributed by atoms with Gasteiger partial charge in [0.15, 0.2) is 0 Å². The van der Waals surface area contributed by atoms with E-state index in [2.05, 4.69) is 58.8 Å². The summed E-state index contributed by atoms with van der Waals surface area (Å²) in [6.45, 7) is 6.25. The minimum atomic E-state index is 0.568. The topological polar surface area (TPSA) is 57.8 Å². The highest BCUT2D eigenvalue weighted by atomic mass is 15.2. The molecule has 6 heteroatoms. The van der Waals surface area contributed by atoms with Gasteiger partial charge in [-0.1, -0.05) is 6.42 Å². The van der Waals surface area contributed by atoms with Crippen molar-refractivity contribution < 1.29 is 0 Å². The van der Waals surface area contributed by atoms with Crippen LogP contribution in [0.2, 0.25) is 0 Å². The molecule has 5 heterocycles. The number of hydrogen-bond acceptors (Lipinski definition) is 4. The second-order valence-corrected chi connectivity index (χ2v) is 9.31. The van der Waals surface area contributed by atoms with Crippen molar-refractivity contribution in [1.29, 1.82) is 0 Å². The van der Waals surface area contributed by atoms with Crippen LogP contribution >= 0.6 is 0 Å². The number of pyridine rings is 2. The second-order valence-electron chi connectivity index (χ2n) is 9.31. The van der Waals surface area contributed by atoms with E-state index in [9.17, 15) is 0 Å². The minimum Gasteiger partial charge on any atom is -0.360 e. The summed E-state index contributed by atoms with van der Waals surface area (Å²) in [4.78, 5) is 16.6. The molecule has 162 valence electrons. The summed E-state index contributed by atoms with van der Waals surface area (Å²) < 4.78 is 2.06. The average molecular weight is 417 g/mol. The van der Waals surface area contributed by atoms with Gasteiger partial charge >= 0.3 is 0 Å². The Bertz CT molecular complexity index is 1120. The molecule has 2 unspecified atom stereocenters. The van der Waals surface area contributed by atoms with E-state index < -0.39 is 0 Å². The van der Waals surface area contributed by atoms with Crippen LogP contribution in [-0.4, -0.2) is 50.3 Å². The average Bonchev–Trinajstić information content (AvgIpc) is 3.13. The van der Waals surface area contributed by atoms with Crippen molar-refractivity contribution >= 4 is 17.2 Å². The lowest BCUT2D eigenvalue weighted by Gasteiger charge is -2.44. The fourth-order valence-electron chi connectivity index (χ4n) is 5.16. The van der Waals surface area contributed by atoms with E-state index in [-0.39, 0.29) is 0 Å². The van der Waals surface area contributed by atoms with Gasteiger partial charge in [0.25, 0.3) is 0 Å². The summed E-state index contributed by atoms with van der Waals surface area (Å²) in [5.41, 5.74) is 6.10. The number of nitrogens with zero attached hydrogens (tertiary/aromatic N) is 5. The van der Waals surface area contributed by atoms with Crippen LogP contribution < -0.4 is 5.32 Å². The number of fused-ring (bicyclic) bond motifs is 3. The van der Waals surface area contributed by atoms with Crippen LogP contribution in [0.4, 0.5) is 5.69 Å². The molecule has 0 radical (unpaired) electrons. The molecule has 0 amide bonds. The Hall–Kier alpha value is -2.73. The summed E-state index contributed by atoms with van der Waals surface area (Å²) in [7, 11) is 2.20. The molecule has 31 heavy (non-hydrogen) atoms. The van der Waals surface area contributed by atoms with Crippen LogP contribution in [0.1, 0.15) is 50.3 Å². The molecule has 0 saturated carbocycles. The number of aromatic nitrogens is 3. The Kier molecular flexibility index (Phi) is 5.26. The van der Waals surface area contributed by atoms with Gasteiger partial charge in [-0.05, 0) is 70.2 Å². The van der Waals surface area contributed by atoms with Crippen LogP contribution in [0.5, 0.6) is 0 Å². The molecule has 3 aromatic heterocycles. The third-order valence-electron chi connectivity index (χ3n) is 6.98. The van der Waals surface area contributed by atoms with Crippen LogP contribution in [0, 0.1) is 13.8 Å². The molecule has 0 aliphatic carbocycles. The van der Waals surface area contributed by atoms with Crippen molar-refractivity contribution in [1.82, 2.24) is 24.6 Å². The van der Waals surface area contributed by atoms with Crippen molar-refractivity contribution in [2.24, 2.45) is 4.99 Å². The van der Waals surface area contributed by atoms with E-state index in [1.54, 1.807) is 0 Å². The van der Waals surface area contributed by atoms with Gasteiger partial charge in [0, 0.05) is 43.1 Å². The molecule has 0 aromatic carbocycles. The van der Waals surface area contributed by atoms with E-state index >= 15 is 0 Å². The Morgan fingerprint density at radius 2 is 1.94 bits per heavy atom. The number of aryl methyl sites for hydroxylation is 2. The quantitative estimate of drug-likeness (QED) is 0.498. The van der Waals surface area contributed by atoms with E-state index in [4.69, 9.17) is 9.98 Å². The summed E-state index contributed by atoms with van der Waals surface area (Å²) in [5, 5.41) is 3.79. The van der Waals surface area contributed by atoms with Crippen molar-refractivity contribution in [2.45, 2.75) is 71.0 Å². The van der Waals surface area contributed by atoms with Crippen LogP contribution in [0.25, 0.3) is 16.9 Å². The molecule has 2 aliphatic heterocycles. The number of imidazole rings is 1. The fraction of sp³-hybridized carbons (Fsp3) is 0.480. The predicted octanol–water partition coefficient (Wildman–Crippen LogP) is 4.67. The number of nitrogens with one attached hydrogen (secondary N) is 1. The second kappa shape index (κ2) is 8.08. The molecule has 5 rings (SSSR count). The standard InChI is InChI=1S/C25H32N6/c1-16-10-23(19-8-9-25-27-17(2)14-31(25)15-19)26-13-24(16)28-18(3)30(4)22-11-20-6-5-7-21(12-22)29-20/h8-10,13-15,20-22,29H,5-7,11-12H2,1-4H3. The highest BCUT2D eigenvalue weighted by Crippen LogP contribution is 2.29. The molecule has 2 bridgehead atoms. The molecule has 0 spiro atoms. The molecular weight excluding hydrogens is 384 g/mol. The van der Waals surface area contributed by atoms with E-state index in [1.165, 1.54) is 32.1 Å². The number of aliphatic imine (C=N–C) groups is 1. The summed E-state index contributed by atoms with van der Waals surface area (Å²) in [6, 6.07) is 8.17. The molecule has 2 fully saturated rings. The first-order valence-corrected chi connectivity index (χ1v) is 11.4. The number of hydrogen-bond donors (Lipinski definition) is 1. The van der Waals surface area contributed by atoms with E-state index in [1.807, 2.05) is 25.4 Å². The largest absolute Gasteiger partial charge is 0.360 e. The zero-order chi connectivity index (χ0) is 21.5. The number of amidine groups is 1. The highest BCUT2D eigenvalue weighted by Gasteiger charge is 2.33. The van der Waals surface area contributed by atoms with Gasteiger partial charge in [-0.15, -0.1) is 0 Å². The Balaban J connectivity index is 1.35. The van der Waals surface area contributed by atoms with Crippen LogP contribution in [-0.2, 0) is 0 Å². The van der Waals surface area contributed by atoms with E-state index in [0.29, 0.717) is 18.1 Å². The Morgan fingerprint density at radius 1 is 1.16 bits per heavy atom. The smallest absolute Gasteiger partial charge is 0.136 e. The third kappa shape index (κ3) is 4.09. The molecule has 3 aromatic rings. The summed E-state index contributed by atoms with van der Waals surface area (Å²) in [6.07, 6.45) is 12.5. The van der Waals surface area contributed by atoms with Crippen molar-refractivity contribution in [3.8, 4) is 11.3 Å². The SMILES string of the molecule is CC(=Nc1cnc(-c2ccc3nc(C)cn3c2)cc1C)N(C)C1CC2CCCC(C1)N2. The van der Waals surface area contributed by atoms with Gasteiger partial charge in [0.2, 0.25) is 0 Å². The first-order chi connectivity index (χ1) is 15.0. The maximum absolute atomic E-state index is 4.96. The lowest BCUT2D eigenvalue weighted by atomic mass is 9.83. The monoisotopic (exact) mass is 416 g/mol. The Labute approximate surface area is 184 Å². The predicted molar refractivity (Wildman–Crippen MR) is 126 cm³/mol. The minimum absolute atomic E-state index is 0.568.